The van der Waals surface area contributed by atoms with E-state index in [4.69, 9.17) is 9.47 Å². The molecule has 1 fully saturated rings. The molecule has 1 aliphatic heterocycles. The fraction of sp³-hybridized carbons (Fsp3) is 0.875. The minimum atomic E-state index is -1.56. The molecule has 288 valence electrons. The molecular weight excluding hydrogens is 622 g/mol. The molecule has 1 rings (SSSR count). The monoisotopic (exact) mass is 698 g/mol. The third-order valence-corrected chi connectivity index (χ3v) is 9.52. The fourth-order valence-corrected chi connectivity index (χ4v) is 6.21. The van der Waals surface area contributed by atoms with Crippen molar-refractivity contribution in [1.82, 2.24) is 5.32 Å². The lowest BCUT2D eigenvalue weighted by Crippen LogP contribution is -2.60. The molecule has 1 aliphatic rings. The van der Waals surface area contributed by atoms with Gasteiger partial charge in [0.05, 0.1) is 25.4 Å². The third-order valence-electron chi connectivity index (χ3n) is 9.52. The van der Waals surface area contributed by atoms with Crippen LogP contribution in [0.25, 0.3) is 0 Å². The van der Waals surface area contributed by atoms with Gasteiger partial charge >= 0.3 is 0 Å². The maximum atomic E-state index is 12.9. The van der Waals surface area contributed by atoms with E-state index in [0.29, 0.717) is 6.42 Å². The molecule has 0 aromatic rings. The third kappa shape index (κ3) is 23.0. The van der Waals surface area contributed by atoms with Crippen molar-refractivity contribution in [2.45, 2.75) is 211 Å². The molecular formula is C40H75NO8. The maximum Gasteiger partial charge on any atom is 0.220 e. The number of carbonyl (C=O) groups excluding carboxylic acids is 1. The van der Waals surface area contributed by atoms with E-state index >= 15 is 0 Å². The first-order valence-corrected chi connectivity index (χ1v) is 20.1. The Morgan fingerprint density at radius 1 is 0.673 bits per heavy atom. The van der Waals surface area contributed by atoms with E-state index in [1.165, 1.54) is 89.9 Å². The largest absolute Gasteiger partial charge is 0.394 e. The minimum Gasteiger partial charge on any atom is -0.394 e. The summed E-state index contributed by atoms with van der Waals surface area (Å²) in [5.74, 6) is -0.184. The number of ether oxygens (including phenoxy) is 2. The topological polar surface area (TPSA) is 149 Å². The molecule has 1 heterocycles. The standard InChI is InChI=1S/C40H75NO8/c1-3-5-7-9-11-13-15-17-19-21-23-25-27-29-34(43)33(32-48-40-39(47)38(46)37(45)35(31-42)49-40)41-36(44)30-28-26-24-22-20-18-16-14-12-10-8-6-4-2/h13,15,27,29,33-35,37-40,42-43,45-47H,3-12,14,16-26,28,30-32H2,1-2H3,(H,41,44)/b15-13+,29-27+/t33-,34+,35?,37+,38?,39?,40+/m0/s1. The van der Waals surface area contributed by atoms with Gasteiger partial charge in [0, 0.05) is 6.42 Å². The summed E-state index contributed by atoms with van der Waals surface area (Å²) in [6.45, 7) is 3.72. The number of unbranched alkanes of at least 4 members (excludes halogenated alkanes) is 20. The van der Waals surface area contributed by atoms with Crippen molar-refractivity contribution in [3.63, 3.8) is 0 Å². The normalized spacial score (nSPS) is 22.6. The quantitative estimate of drug-likeness (QED) is 0.0320. The van der Waals surface area contributed by atoms with E-state index in [9.17, 15) is 30.3 Å². The van der Waals surface area contributed by atoms with Crippen LogP contribution in [0.4, 0.5) is 0 Å². The molecule has 9 heteroatoms. The summed E-state index contributed by atoms with van der Waals surface area (Å²) in [5.41, 5.74) is 0. The number of carbonyl (C=O) groups is 1. The highest BCUT2D eigenvalue weighted by molar-refractivity contribution is 5.76. The average Bonchev–Trinajstić information content (AvgIpc) is 3.10. The predicted octanol–water partition coefficient (Wildman–Crippen LogP) is 7.16. The zero-order chi connectivity index (χ0) is 36.0. The molecule has 7 atom stereocenters. The first-order chi connectivity index (χ1) is 23.8. The van der Waals surface area contributed by atoms with Crippen molar-refractivity contribution in [2.24, 2.45) is 0 Å². The molecule has 1 saturated heterocycles. The lowest BCUT2D eigenvalue weighted by atomic mass is 9.99. The highest BCUT2D eigenvalue weighted by Gasteiger charge is 2.44. The lowest BCUT2D eigenvalue weighted by molar-refractivity contribution is -0.302. The maximum absolute atomic E-state index is 12.9. The van der Waals surface area contributed by atoms with E-state index in [2.05, 4.69) is 31.3 Å². The van der Waals surface area contributed by atoms with Crippen molar-refractivity contribution in [3.05, 3.63) is 24.3 Å². The SMILES string of the molecule is CCCCCC/C=C/CCCCC/C=C/[C@@H](O)[C@H](CO[C@@H]1OC(CO)[C@@H](O)C(O)C1O)NC(=O)CCCCCCCCCCCCCCC. The van der Waals surface area contributed by atoms with Crippen LogP contribution in [-0.4, -0.2) is 87.5 Å². The minimum absolute atomic E-state index is 0.184. The molecule has 6 N–H and O–H groups in total. The second kappa shape index (κ2) is 31.4. The van der Waals surface area contributed by atoms with Gasteiger partial charge in [0.2, 0.25) is 5.91 Å². The van der Waals surface area contributed by atoms with Gasteiger partial charge in [-0.1, -0.05) is 141 Å². The molecule has 0 saturated carbocycles. The Kier molecular flexibility index (Phi) is 29.3. The molecule has 0 aromatic heterocycles. The van der Waals surface area contributed by atoms with Gasteiger partial charge < -0.3 is 40.3 Å². The van der Waals surface area contributed by atoms with Crippen molar-refractivity contribution < 1.29 is 39.8 Å². The summed E-state index contributed by atoms with van der Waals surface area (Å²) >= 11 is 0. The Bertz CT molecular complexity index is 822. The van der Waals surface area contributed by atoms with E-state index in [-0.39, 0.29) is 12.5 Å². The van der Waals surface area contributed by atoms with Crippen LogP contribution in [0.5, 0.6) is 0 Å². The molecule has 0 spiro atoms. The van der Waals surface area contributed by atoms with E-state index in [0.717, 1.165) is 57.8 Å². The number of nitrogens with one attached hydrogen (secondary N) is 1. The van der Waals surface area contributed by atoms with E-state index < -0.39 is 49.5 Å². The van der Waals surface area contributed by atoms with Crippen molar-refractivity contribution in [1.29, 1.82) is 0 Å². The van der Waals surface area contributed by atoms with Gasteiger partial charge in [-0.2, -0.15) is 0 Å². The van der Waals surface area contributed by atoms with Gasteiger partial charge in [0.15, 0.2) is 6.29 Å². The number of aliphatic hydroxyl groups excluding tert-OH is 5. The molecule has 3 unspecified atom stereocenters. The van der Waals surface area contributed by atoms with Crippen molar-refractivity contribution in [3.8, 4) is 0 Å². The van der Waals surface area contributed by atoms with Crippen LogP contribution in [0.15, 0.2) is 24.3 Å². The van der Waals surface area contributed by atoms with Crippen molar-refractivity contribution >= 4 is 5.91 Å². The van der Waals surface area contributed by atoms with Gasteiger partial charge in [-0.15, -0.1) is 0 Å². The van der Waals surface area contributed by atoms with Crippen LogP contribution in [0.2, 0.25) is 0 Å². The van der Waals surface area contributed by atoms with Crippen LogP contribution in [-0.2, 0) is 14.3 Å². The molecule has 1 amide bonds. The summed E-state index contributed by atoms with van der Waals surface area (Å²) in [7, 11) is 0. The molecule has 0 radical (unpaired) electrons. The summed E-state index contributed by atoms with van der Waals surface area (Å²) in [5, 5.41) is 53.9. The highest BCUT2D eigenvalue weighted by Crippen LogP contribution is 2.22. The van der Waals surface area contributed by atoms with Gasteiger partial charge in [0.25, 0.3) is 0 Å². The van der Waals surface area contributed by atoms with Crippen molar-refractivity contribution in [2.75, 3.05) is 13.2 Å². The Hall–Kier alpha value is -1.33. The van der Waals surface area contributed by atoms with Crippen LogP contribution < -0.4 is 5.32 Å². The van der Waals surface area contributed by atoms with E-state index in [1.54, 1.807) is 6.08 Å². The van der Waals surface area contributed by atoms with Gasteiger partial charge in [-0.3, -0.25) is 4.79 Å². The van der Waals surface area contributed by atoms with Crippen LogP contribution >= 0.6 is 0 Å². The highest BCUT2D eigenvalue weighted by atomic mass is 16.7. The smallest absolute Gasteiger partial charge is 0.220 e. The number of amides is 1. The average molecular weight is 698 g/mol. The first kappa shape index (κ1) is 45.7. The number of aliphatic hydroxyl groups is 5. The Labute approximate surface area is 298 Å². The summed E-state index contributed by atoms with van der Waals surface area (Å²) in [4.78, 5) is 12.9. The Morgan fingerprint density at radius 2 is 1.14 bits per heavy atom. The van der Waals surface area contributed by atoms with Gasteiger partial charge in [0.1, 0.15) is 24.4 Å². The molecule has 0 aliphatic carbocycles. The van der Waals surface area contributed by atoms with Gasteiger partial charge in [-0.25, -0.2) is 0 Å². The fourth-order valence-electron chi connectivity index (χ4n) is 6.21. The Balaban J connectivity index is 2.45. The zero-order valence-corrected chi connectivity index (χ0v) is 31.2. The lowest BCUT2D eigenvalue weighted by Gasteiger charge is -2.40. The van der Waals surface area contributed by atoms with Crippen LogP contribution in [0.1, 0.15) is 168 Å². The number of allylic oxidation sites excluding steroid dienone is 3. The summed E-state index contributed by atoms with van der Waals surface area (Å²) < 4.78 is 11.2. The van der Waals surface area contributed by atoms with Crippen LogP contribution in [0, 0.1) is 0 Å². The number of hydrogen-bond donors (Lipinski definition) is 6. The predicted molar refractivity (Wildman–Crippen MR) is 198 cm³/mol. The molecule has 49 heavy (non-hydrogen) atoms. The summed E-state index contributed by atoms with van der Waals surface area (Å²) in [6.07, 6.45) is 27.8. The molecule has 0 bridgehead atoms. The second-order valence-corrected chi connectivity index (χ2v) is 14.1. The molecule has 0 aromatic carbocycles. The summed E-state index contributed by atoms with van der Waals surface area (Å²) in [6, 6.07) is -0.805. The first-order valence-electron chi connectivity index (χ1n) is 20.1. The number of hydrogen-bond acceptors (Lipinski definition) is 8. The second-order valence-electron chi connectivity index (χ2n) is 14.1. The Morgan fingerprint density at radius 3 is 1.67 bits per heavy atom. The zero-order valence-electron chi connectivity index (χ0n) is 31.2. The molecule has 9 nitrogen and oxygen atoms in total. The number of rotatable bonds is 32. The van der Waals surface area contributed by atoms with Crippen LogP contribution in [0.3, 0.4) is 0 Å². The van der Waals surface area contributed by atoms with Gasteiger partial charge in [-0.05, 0) is 44.9 Å². The van der Waals surface area contributed by atoms with E-state index in [1.807, 2.05) is 6.08 Å².